The normalized spacial score (nSPS) is 18.9. The van der Waals surface area contributed by atoms with Gasteiger partial charge in [0.15, 0.2) is 5.82 Å². The molecular weight excluding hydrogens is 454 g/mol. The summed E-state index contributed by atoms with van der Waals surface area (Å²) in [5, 5.41) is 2.94. The lowest BCUT2D eigenvalue weighted by Gasteiger charge is -2.29. The van der Waals surface area contributed by atoms with Gasteiger partial charge < -0.3 is 20.8 Å². The van der Waals surface area contributed by atoms with Gasteiger partial charge in [0.25, 0.3) is 5.91 Å². The molecule has 4 rings (SSSR count). The summed E-state index contributed by atoms with van der Waals surface area (Å²) in [4.78, 5) is 19.5. The number of rotatable bonds is 7. The van der Waals surface area contributed by atoms with Crippen molar-refractivity contribution in [3.8, 4) is 0 Å². The molecule has 0 spiro atoms. The van der Waals surface area contributed by atoms with Crippen LogP contribution in [0.3, 0.4) is 0 Å². The number of hydrogen-bond donors (Lipinski definition) is 3. The van der Waals surface area contributed by atoms with Gasteiger partial charge in [-0.1, -0.05) is 26.0 Å². The number of aromatic amines is 1. The molecule has 10 heteroatoms. The molecule has 1 aromatic heterocycles. The number of allylic oxidation sites excluding steroid dienone is 2. The Hall–Kier alpha value is -2.69. The Labute approximate surface area is 200 Å². The molecule has 9 nitrogen and oxygen atoms in total. The Morgan fingerprint density at radius 3 is 2.71 bits per heavy atom. The Balaban J connectivity index is 1.57. The van der Waals surface area contributed by atoms with Gasteiger partial charge in [0, 0.05) is 30.5 Å². The van der Waals surface area contributed by atoms with Crippen molar-refractivity contribution in [1.29, 1.82) is 0 Å². The third-order valence-corrected chi connectivity index (χ3v) is 8.35. The minimum atomic E-state index is -3.35. The topological polar surface area (TPSA) is 130 Å². The molecule has 1 aliphatic heterocycles. The predicted octanol–water partition coefficient (Wildman–Crippen LogP) is 3.04. The molecule has 1 aliphatic carbocycles. The highest BCUT2D eigenvalue weighted by Gasteiger charge is 2.26. The van der Waals surface area contributed by atoms with Crippen molar-refractivity contribution in [2.75, 3.05) is 43.1 Å². The SMILES string of the molecule is CC1(C)CC=C(c2cc(CCS(=O)(=O)N3CCOCC3)ccc2NC(=O)c2nc(N)c[nH]2)CC1. The van der Waals surface area contributed by atoms with Crippen LogP contribution in [-0.4, -0.2) is 60.7 Å². The van der Waals surface area contributed by atoms with E-state index >= 15 is 0 Å². The fraction of sp³-hybridized carbons (Fsp3) is 0.500. The maximum atomic E-state index is 12.8. The van der Waals surface area contributed by atoms with Gasteiger partial charge in [0.2, 0.25) is 10.0 Å². The van der Waals surface area contributed by atoms with E-state index in [-0.39, 0.29) is 28.7 Å². The number of sulfonamides is 1. The van der Waals surface area contributed by atoms with Crippen LogP contribution in [-0.2, 0) is 21.2 Å². The fourth-order valence-corrected chi connectivity index (χ4v) is 5.73. The number of amides is 1. The molecule has 1 saturated heterocycles. The minimum absolute atomic E-state index is 0.0376. The molecule has 0 bridgehead atoms. The second kappa shape index (κ2) is 9.89. The van der Waals surface area contributed by atoms with Crippen molar-refractivity contribution in [2.24, 2.45) is 5.41 Å². The lowest BCUT2D eigenvalue weighted by Crippen LogP contribution is -2.42. The molecule has 1 amide bonds. The number of imidazole rings is 1. The Kier molecular flexibility index (Phi) is 7.11. The highest BCUT2D eigenvalue weighted by molar-refractivity contribution is 7.89. The fourth-order valence-electron chi connectivity index (χ4n) is 4.28. The molecule has 184 valence electrons. The maximum Gasteiger partial charge on any atom is 0.291 e. The Morgan fingerprint density at radius 1 is 1.29 bits per heavy atom. The van der Waals surface area contributed by atoms with Crippen molar-refractivity contribution in [2.45, 2.75) is 39.5 Å². The number of nitrogens with two attached hydrogens (primary N) is 1. The highest BCUT2D eigenvalue weighted by Crippen LogP contribution is 2.40. The first-order valence-corrected chi connectivity index (χ1v) is 13.2. The van der Waals surface area contributed by atoms with Crippen LogP contribution in [0.4, 0.5) is 11.5 Å². The van der Waals surface area contributed by atoms with Gasteiger partial charge in [-0.05, 0) is 54.4 Å². The lowest BCUT2D eigenvalue weighted by molar-refractivity contribution is 0.0730. The zero-order valence-corrected chi connectivity index (χ0v) is 20.6. The van der Waals surface area contributed by atoms with Crippen LogP contribution in [0, 0.1) is 5.41 Å². The maximum absolute atomic E-state index is 12.8. The largest absolute Gasteiger partial charge is 0.382 e. The van der Waals surface area contributed by atoms with E-state index < -0.39 is 10.0 Å². The molecule has 4 N–H and O–H groups in total. The molecule has 0 unspecified atom stereocenters. The third-order valence-electron chi connectivity index (χ3n) is 6.48. The zero-order valence-electron chi connectivity index (χ0n) is 19.8. The number of ether oxygens (including phenoxy) is 1. The molecule has 0 radical (unpaired) electrons. The lowest BCUT2D eigenvalue weighted by atomic mass is 9.76. The van der Waals surface area contributed by atoms with Gasteiger partial charge in [-0.3, -0.25) is 4.79 Å². The summed E-state index contributed by atoms with van der Waals surface area (Å²) in [5.41, 5.74) is 9.54. The van der Waals surface area contributed by atoms with Crippen LogP contribution in [0.2, 0.25) is 0 Å². The molecule has 34 heavy (non-hydrogen) atoms. The number of nitrogens with zero attached hydrogens (tertiary/aromatic N) is 2. The number of carbonyl (C=O) groups excluding carboxylic acids is 1. The number of hydrogen-bond acceptors (Lipinski definition) is 6. The van der Waals surface area contributed by atoms with E-state index in [2.05, 4.69) is 35.2 Å². The van der Waals surface area contributed by atoms with Crippen molar-refractivity contribution in [1.82, 2.24) is 14.3 Å². The van der Waals surface area contributed by atoms with Crippen LogP contribution in [0.25, 0.3) is 5.57 Å². The van der Waals surface area contributed by atoms with Crippen LogP contribution in [0.15, 0.2) is 30.5 Å². The van der Waals surface area contributed by atoms with Crippen LogP contribution in [0.1, 0.15) is 54.9 Å². The minimum Gasteiger partial charge on any atom is -0.382 e. The number of morpholine rings is 1. The van der Waals surface area contributed by atoms with E-state index in [0.29, 0.717) is 38.4 Å². The van der Waals surface area contributed by atoms with Crippen LogP contribution in [0.5, 0.6) is 0 Å². The molecule has 0 saturated carbocycles. The van der Waals surface area contributed by atoms with E-state index in [4.69, 9.17) is 10.5 Å². The van der Waals surface area contributed by atoms with Crippen LogP contribution < -0.4 is 11.1 Å². The van der Waals surface area contributed by atoms with E-state index in [9.17, 15) is 13.2 Å². The summed E-state index contributed by atoms with van der Waals surface area (Å²) in [7, 11) is -3.35. The highest BCUT2D eigenvalue weighted by atomic mass is 32.2. The van der Waals surface area contributed by atoms with E-state index in [1.54, 1.807) is 0 Å². The molecule has 0 atom stereocenters. The third kappa shape index (κ3) is 5.86. The Morgan fingerprint density at radius 2 is 2.06 bits per heavy atom. The molecule has 2 heterocycles. The summed E-state index contributed by atoms with van der Waals surface area (Å²) in [6, 6.07) is 5.72. The van der Waals surface area contributed by atoms with Crippen molar-refractivity contribution >= 4 is 33.0 Å². The van der Waals surface area contributed by atoms with Crippen LogP contribution >= 0.6 is 0 Å². The molecular formula is C24H33N5O4S. The summed E-state index contributed by atoms with van der Waals surface area (Å²) < 4.78 is 32.3. The van der Waals surface area contributed by atoms with Gasteiger partial charge in [-0.15, -0.1) is 0 Å². The van der Waals surface area contributed by atoms with Gasteiger partial charge in [0.1, 0.15) is 5.82 Å². The first-order chi connectivity index (χ1) is 16.1. The van der Waals surface area contributed by atoms with Gasteiger partial charge in [-0.25, -0.2) is 13.4 Å². The van der Waals surface area contributed by atoms with Crippen molar-refractivity contribution in [3.63, 3.8) is 0 Å². The van der Waals surface area contributed by atoms with E-state index in [0.717, 1.165) is 36.0 Å². The molecule has 1 aromatic carbocycles. The summed E-state index contributed by atoms with van der Waals surface area (Å²) >= 11 is 0. The van der Waals surface area contributed by atoms with E-state index in [1.807, 2.05) is 18.2 Å². The van der Waals surface area contributed by atoms with Gasteiger partial charge >= 0.3 is 0 Å². The summed E-state index contributed by atoms with van der Waals surface area (Å²) in [6.07, 6.45) is 6.97. The number of benzene rings is 1. The van der Waals surface area contributed by atoms with Crippen molar-refractivity contribution < 1.29 is 17.9 Å². The second-order valence-electron chi connectivity index (χ2n) is 9.68. The summed E-state index contributed by atoms with van der Waals surface area (Å²) in [6.45, 7) is 6.17. The number of H-pyrrole nitrogens is 1. The quantitative estimate of drug-likeness (QED) is 0.550. The molecule has 2 aliphatic rings. The zero-order chi connectivity index (χ0) is 24.3. The smallest absolute Gasteiger partial charge is 0.291 e. The second-order valence-corrected chi connectivity index (χ2v) is 11.8. The number of carbonyl (C=O) groups is 1. The number of anilines is 2. The monoisotopic (exact) mass is 487 g/mol. The standard InChI is InChI=1S/C24H33N5O4S/c1-24(2)8-5-18(6-9-24)19-15-17(7-14-34(31,32)29-10-12-33-13-11-29)3-4-20(19)27-23(30)22-26-16-21(25)28-22/h3-5,15-16H,6-14,25H2,1-2H3,(H,26,28)(H,27,30). The van der Waals surface area contributed by atoms with Gasteiger partial charge in [-0.2, -0.15) is 4.31 Å². The predicted molar refractivity (Wildman–Crippen MR) is 133 cm³/mol. The number of nitrogens with one attached hydrogen (secondary N) is 2. The summed E-state index contributed by atoms with van der Waals surface area (Å²) in [5.74, 6) is 0.0512. The average Bonchev–Trinajstić information content (AvgIpc) is 3.26. The van der Waals surface area contributed by atoms with E-state index in [1.165, 1.54) is 10.5 Å². The number of nitrogen functional groups attached to an aromatic ring is 1. The first-order valence-electron chi connectivity index (χ1n) is 11.6. The Bertz CT molecular complexity index is 1180. The number of aryl methyl sites for hydroxylation is 1. The van der Waals surface area contributed by atoms with Gasteiger partial charge in [0.05, 0.1) is 19.0 Å². The first kappa shape index (κ1) is 24.4. The van der Waals surface area contributed by atoms with Crippen molar-refractivity contribution in [3.05, 3.63) is 47.4 Å². The molecule has 1 fully saturated rings. The molecule has 2 aromatic rings. The average molecular weight is 488 g/mol. The number of aromatic nitrogens is 2.